The quantitative estimate of drug-likeness (QED) is 0.495. The van der Waals surface area contributed by atoms with Gasteiger partial charge < -0.3 is 19.5 Å². The minimum atomic E-state index is -0.914. The molecule has 0 saturated heterocycles. The Kier molecular flexibility index (Phi) is 5.37. The molecule has 4 nitrogen and oxygen atoms in total. The lowest BCUT2D eigenvalue weighted by molar-refractivity contribution is 0.0966. The first-order valence-corrected chi connectivity index (χ1v) is 8.30. The van der Waals surface area contributed by atoms with Crippen molar-refractivity contribution in [2.24, 2.45) is 0 Å². The molecule has 1 aromatic heterocycles. The molecule has 2 aromatic carbocycles. The molecule has 0 aliphatic carbocycles. The monoisotopic (exact) mass is 347 g/mol. The Morgan fingerprint density at radius 3 is 2.50 bits per heavy atom. The molecule has 1 unspecified atom stereocenters. The molecule has 0 bridgehead atoms. The summed E-state index contributed by atoms with van der Waals surface area (Å²) in [5, 5.41) is 20.3. The van der Waals surface area contributed by atoms with E-state index in [0.29, 0.717) is 17.1 Å². The second kappa shape index (κ2) is 7.87. The predicted octanol–water partition coefficient (Wildman–Crippen LogP) is 4.29. The van der Waals surface area contributed by atoms with E-state index >= 15 is 0 Å². The Labute approximate surface area is 152 Å². The number of aliphatic hydroxyl groups is 2. The van der Waals surface area contributed by atoms with Crippen LogP contribution in [0.3, 0.4) is 0 Å². The fourth-order valence-electron chi connectivity index (χ4n) is 2.85. The number of para-hydroxylation sites is 1. The molecule has 2 N–H and O–H groups in total. The number of aromatic nitrogens is 1. The maximum Gasteiger partial charge on any atom is 0.127 e. The van der Waals surface area contributed by atoms with Crippen molar-refractivity contribution in [3.05, 3.63) is 97.4 Å². The van der Waals surface area contributed by atoms with E-state index in [-0.39, 0.29) is 6.61 Å². The largest absolute Gasteiger partial charge is 0.457 e. The zero-order valence-electron chi connectivity index (χ0n) is 14.4. The van der Waals surface area contributed by atoms with Crippen molar-refractivity contribution in [2.45, 2.75) is 6.10 Å². The highest BCUT2D eigenvalue weighted by Crippen LogP contribution is 2.29. The van der Waals surface area contributed by atoms with E-state index in [9.17, 15) is 10.2 Å². The van der Waals surface area contributed by atoms with Crippen molar-refractivity contribution in [1.82, 2.24) is 4.57 Å². The molecule has 0 saturated carbocycles. The molecule has 3 aromatic rings. The third-order valence-electron chi connectivity index (χ3n) is 4.11. The highest BCUT2D eigenvalue weighted by Gasteiger charge is 2.15. The maximum absolute atomic E-state index is 10.1. The molecule has 0 fully saturated rings. The second-order valence-electron chi connectivity index (χ2n) is 5.77. The lowest BCUT2D eigenvalue weighted by Gasteiger charge is -2.09. The van der Waals surface area contributed by atoms with E-state index in [4.69, 9.17) is 4.74 Å². The third kappa shape index (κ3) is 3.47. The number of rotatable bonds is 7. The van der Waals surface area contributed by atoms with Crippen LogP contribution in [-0.4, -0.2) is 21.4 Å². The molecule has 26 heavy (non-hydrogen) atoms. The lowest BCUT2D eigenvalue weighted by atomic mass is 10.1. The summed E-state index contributed by atoms with van der Waals surface area (Å²) < 4.78 is 7.72. The highest BCUT2D eigenvalue weighted by atomic mass is 16.5. The number of hydrogen-bond acceptors (Lipinski definition) is 3. The average Bonchev–Trinajstić information content (AvgIpc) is 3.07. The number of benzene rings is 2. The molecule has 3 rings (SSSR count). The van der Waals surface area contributed by atoms with E-state index < -0.39 is 6.10 Å². The Morgan fingerprint density at radius 1 is 1.12 bits per heavy atom. The summed E-state index contributed by atoms with van der Waals surface area (Å²) in [4.78, 5) is 0. The van der Waals surface area contributed by atoms with Crippen LogP contribution in [0.25, 0.3) is 16.6 Å². The molecule has 0 aliphatic rings. The number of hydrogen-bond donors (Lipinski definition) is 2. The fourth-order valence-corrected chi connectivity index (χ4v) is 2.85. The second-order valence-corrected chi connectivity index (χ2v) is 5.77. The summed E-state index contributed by atoms with van der Waals surface area (Å²) in [6.45, 7) is 7.04. The van der Waals surface area contributed by atoms with Gasteiger partial charge in [0, 0.05) is 22.8 Å². The minimum absolute atomic E-state index is 0.319. The molecule has 132 valence electrons. The van der Waals surface area contributed by atoms with Gasteiger partial charge in [-0.2, -0.15) is 0 Å². The van der Waals surface area contributed by atoms with Crippen molar-refractivity contribution in [3.63, 3.8) is 0 Å². The van der Waals surface area contributed by atoms with E-state index in [1.54, 1.807) is 18.2 Å². The zero-order valence-corrected chi connectivity index (χ0v) is 14.4. The first kappa shape index (κ1) is 17.7. The van der Waals surface area contributed by atoms with Gasteiger partial charge in [0.15, 0.2) is 0 Å². The predicted molar refractivity (Wildman–Crippen MR) is 104 cm³/mol. The minimum Gasteiger partial charge on any atom is -0.457 e. The summed E-state index contributed by atoms with van der Waals surface area (Å²) in [5.41, 5.74) is 2.59. The topological polar surface area (TPSA) is 54.6 Å². The molecule has 4 heteroatoms. The lowest BCUT2D eigenvalue weighted by Crippen LogP contribution is -2.01. The van der Waals surface area contributed by atoms with Crippen LogP contribution in [0.5, 0.6) is 5.75 Å². The number of allylic oxidation sites excluding steroid dienone is 3. The van der Waals surface area contributed by atoms with Gasteiger partial charge in [0.05, 0.1) is 12.1 Å². The van der Waals surface area contributed by atoms with Crippen LogP contribution in [0.15, 0.2) is 91.9 Å². The van der Waals surface area contributed by atoms with Crippen molar-refractivity contribution in [3.8, 4) is 11.4 Å². The Hall–Kier alpha value is -3.08. The van der Waals surface area contributed by atoms with E-state index in [1.807, 2.05) is 59.3 Å². The first-order chi connectivity index (χ1) is 12.7. The Morgan fingerprint density at radius 2 is 1.85 bits per heavy atom. The molecule has 0 amide bonds. The van der Waals surface area contributed by atoms with Crippen LogP contribution >= 0.6 is 0 Å². The Bertz CT molecular complexity index is 951. The van der Waals surface area contributed by atoms with Crippen LogP contribution in [0.2, 0.25) is 0 Å². The van der Waals surface area contributed by atoms with Crippen LogP contribution in [0.1, 0.15) is 11.7 Å². The fraction of sp³-hybridized carbons (Fsp3) is 0.0909. The van der Waals surface area contributed by atoms with Crippen molar-refractivity contribution in [1.29, 1.82) is 0 Å². The van der Waals surface area contributed by atoms with Gasteiger partial charge in [-0.3, -0.25) is 0 Å². The molecular weight excluding hydrogens is 326 g/mol. The van der Waals surface area contributed by atoms with Gasteiger partial charge in [-0.15, -0.1) is 0 Å². The summed E-state index contributed by atoms with van der Waals surface area (Å²) in [6.07, 6.45) is 5.95. The van der Waals surface area contributed by atoms with Gasteiger partial charge in [0.25, 0.3) is 0 Å². The SMILES string of the molecule is C=C/C=C(\C=C)Oc1ccc(-n2cc(C(O)CO)c3ccccc32)cc1. The molecule has 0 spiro atoms. The van der Waals surface area contributed by atoms with Crippen molar-refractivity contribution >= 4 is 10.9 Å². The van der Waals surface area contributed by atoms with Crippen LogP contribution in [-0.2, 0) is 0 Å². The number of aliphatic hydroxyl groups excluding tert-OH is 2. The molecule has 1 atom stereocenters. The van der Waals surface area contributed by atoms with Gasteiger partial charge in [-0.1, -0.05) is 37.4 Å². The average molecular weight is 347 g/mol. The molecule has 0 aliphatic heterocycles. The maximum atomic E-state index is 10.1. The zero-order chi connectivity index (χ0) is 18.5. The van der Waals surface area contributed by atoms with Crippen molar-refractivity contribution < 1.29 is 14.9 Å². The van der Waals surface area contributed by atoms with E-state index in [2.05, 4.69) is 13.2 Å². The summed E-state index contributed by atoms with van der Waals surface area (Å²) in [5.74, 6) is 1.31. The summed E-state index contributed by atoms with van der Waals surface area (Å²) in [7, 11) is 0. The van der Waals surface area contributed by atoms with Crippen molar-refractivity contribution in [2.75, 3.05) is 6.61 Å². The summed E-state index contributed by atoms with van der Waals surface area (Å²) >= 11 is 0. The number of ether oxygens (including phenoxy) is 1. The smallest absolute Gasteiger partial charge is 0.127 e. The Balaban J connectivity index is 1.98. The van der Waals surface area contributed by atoms with Crippen LogP contribution in [0.4, 0.5) is 0 Å². The standard InChI is InChI=1S/C22H21NO3/c1-3-7-17(4-2)26-18-12-10-16(11-13-18)23-14-20(22(25)15-24)19-8-5-6-9-21(19)23/h3-14,22,24-25H,1-2,15H2/b17-7+. The van der Waals surface area contributed by atoms with E-state index in [1.165, 1.54) is 0 Å². The van der Waals surface area contributed by atoms with Gasteiger partial charge in [0.2, 0.25) is 0 Å². The number of fused-ring (bicyclic) bond motifs is 1. The van der Waals surface area contributed by atoms with Gasteiger partial charge in [0.1, 0.15) is 17.6 Å². The molecular formula is C22H21NO3. The molecule has 1 heterocycles. The normalized spacial score (nSPS) is 12.8. The van der Waals surface area contributed by atoms with Crippen LogP contribution in [0, 0.1) is 0 Å². The van der Waals surface area contributed by atoms with Gasteiger partial charge in [-0.05, 0) is 42.5 Å². The van der Waals surface area contributed by atoms with Gasteiger partial charge >= 0.3 is 0 Å². The first-order valence-electron chi connectivity index (χ1n) is 8.30. The highest BCUT2D eigenvalue weighted by molar-refractivity contribution is 5.86. The third-order valence-corrected chi connectivity index (χ3v) is 4.11. The molecule has 0 radical (unpaired) electrons. The van der Waals surface area contributed by atoms with Crippen LogP contribution < -0.4 is 4.74 Å². The number of nitrogens with zero attached hydrogens (tertiary/aromatic N) is 1. The van der Waals surface area contributed by atoms with E-state index in [0.717, 1.165) is 16.6 Å². The summed E-state index contributed by atoms with van der Waals surface area (Å²) in [6, 6.07) is 15.4. The van der Waals surface area contributed by atoms with Gasteiger partial charge in [-0.25, -0.2) is 0 Å².